The molecule has 6 nitrogen and oxygen atoms in total. The van der Waals surface area contributed by atoms with Crippen molar-refractivity contribution in [3.63, 3.8) is 0 Å². The third kappa shape index (κ3) is 2.67. The summed E-state index contributed by atoms with van der Waals surface area (Å²) in [5.74, 6) is 0.643. The molecule has 1 amide bonds. The molecule has 2 aliphatic rings. The molecule has 4 heterocycles. The molecular weight excluding hydrogens is 338 g/mol. The molecule has 2 aliphatic heterocycles. The van der Waals surface area contributed by atoms with Gasteiger partial charge in [0.05, 0.1) is 6.20 Å². The summed E-state index contributed by atoms with van der Waals surface area (Å²) in [6.07, 6.45) is 7.71. The van der Waals surface area contributed by atoms with Gasteiger partial charge >= 0.3 is 0 Å². The van der Waals surface area contributed by atoms with Crippen LogP contribution in [0.2, 0.25) is 0 Å². The van der Waals surface area contributed by atoms with Crippen molar-refractivity contribution < 1.29 is 4.79 Å². The number of likely N-dealkylation sites (tertiary alicyclic amines) is 1. The van der Waals surface area contributed by atoms with Crippen LogP contribution in [-0.4, -0.2) is 51.2 Å². The van der Waals surface area contributed by atoms with Gasteiger partial charge in [-0.25, -0.2) is 4.52 Å². The molecule has 0 bridgehead atoms. The Morgan fingerprint density at radius 1 is 1.30 bits per heavy atom. The van der Waals surface area contributed by atoms with Crippen LogP contribution in [-0.2, 0) is 13.5 Å². The molecule has 2 unspecified atom stereocenters. The minimum Gasteiger partial charge on any atom is -0.338 e. The molecule has 0 spiro atoms. The average molecular weight is 363 g/mol. The lowest BCUT2D eigenvalue weighted by Gasteiger charge is -2.28. The molecule has 3 aromatic rings. The van der Waals surface area contributed by atoms with Gasteiger partial charge in [-0.15, -0.1) is 0 Å². The molecule has 1 aromatic carbocycles. The molecule has 0 saturated carbocycles. The predicted molar refractivity (Wildman–Crippen MR) is 104 cm³/mol. The van der Waals surface area contributed by atoms with E-state index in [1.54, 1.807) is 10.7 Å². The SMILES string of the molecule is Cn1ccn2ncc(C(=O)N3CC4CNCC4(CCc4ccccc4)C3)c12. The minimum absolute atomic E-state index is 0.111. The van der Waals surface area contributed by atoms with Crippen molar-refractivity contribution in [2.45, 2.75) is 12.8 Å². The average Bonchev–Trinajstić information content (AvgIpc) is 3.42. The lowest BCUT2D eigenvalue weighted by molar-refractivity contribution is 0.0770. The highest BCUT2D eigenvalue weighted by molar-refractivity contribution is 6.00. The van der Waals surface area contributed by atoms with Gasteiger partial charge in [0.1, 0.15) is 11.2 Å². The first-order chi connectivity index (χ1) is 13.2. The highest BCUT2D eigenvalue weighted by Crippen LogP contribution is 2.43. The van der Waals surface area contributed by atoms with Crippen LogP contribution < -0.4 is 5.32 Å². The number of nitrogens with zero attached hydrogens (tertiary/aromatic N) is 4. The van der Waals surface area contributed by atoms with Crippen LogP contribution in [0, 0.1) is 11.3 Å². The van der Waals surface area contributed by atoms with E-state index in [2.05, 4.69) is 45.6 Å². The van der Waals surface area contributed by atoms with Gasteiger partial charge in [0.15, 0.2) is 0 Å². The van der Waals surface area contributed by atoms with Gasteiger partial charge in [-0.2, -0.15) is 5.10 Å². The Kier molecular flexibility index (Phi) is 3.82. The van der Waals surface area contributed by atoms with E-state index in [4.69, 9.17) is 0 Å². The summed E-state index contributed by atoms with van der Waals surface area (Å²) in [7, 11) is 1.96. The van der Waals surface area contributed by atoms with E-state index < -0.39 is 0 Å². The van der Waals surface area contributed by atoms with Gasteiger partial charge in [-0.3, -0.25) is 4.79 Å². The Hall–Kier alpha value is -2.60. The maximum absolute atomic E-state index is 13.3. The summed E-state index contributed by atoms with van der Waals surface area (Å²) in [5, 5.41) is 7.91. The summed E-state index contributed by atoms with van der Waals surface area (Å²) in [5.41, 5.74) is 3.14. The second kappa shape index (κ2) is 6.23. The van der Waals surface area contributed by atoms with Crippen LogP contribution in [0.25, 0.3) is 5.65 Å². The normalized spacial score (nSPS) is 24.6. The molecule has 1 N–H and O–H groups in total. The number of fused-ring (bicyclic) bond motifs is 2. The van der Waals surface area contributed by atoms with Crippen molar-refractivity contribution in [3.05, 3.63) is 60.0 Å². The van der Waals surface area contributed by atoms with E-state index in [0.717, 1.165) is 44.7 Å². The summed E-state index contributed by atoms with van der Waals surface area (Å²) in [4.78, 5) is 15.3. The number of rotatable bonds is 4. The second-order valence-electron chi connectivity index (χ2n) is 8.10. The van der Waals surface area contributed by atoms with Gasteiger partial charge in [0, 0.05) is 51.0 Å². The van der Waals surface area contributed by atoms with E-state index in [9.17, 15) is 4.79 Å². The molecule has 0 aliphatic carbocycles. The standard InChI is InChI=1S/C21H25N5O/c1-24-9-10-26-19(24)18(12-23-26)20(27)25-13-17-11-22-14-21(17,15-25)8-7-16-5-3-2-4-6-16/h2-6,9-10,12,17,22H,7-8,11,13-15H2,1H3. The highest BCUT2D eigenvalue weighted by Gasteiger charge is 2.50. The summed E-state index contributed by atoms with van der Waals surface area (Å²) < 4.78 is 3.74. The van der Waals surface area contributed by atoms with Gasteiger partial charge in [-0.1, -0.05) is 30.3 Å². The topological polar surface area (TPSA) is 54.6 Å². The lowest BCUT2D eigenvalue weighted by atomic mass is 9.76. The summed E-state index contributed by atoms with van der Waals surface area (Å²) >= 11 is 0. The minimum atomic E-state index is 0.111. The number of nitrogens with one attached hydrogen (secondary N) is 1. The van der Waals surface area contributed by atoms with Crippen molar-refractivity contribution in [2.24, 2.45) is 18.4 Å². The van der Waals surface area contributed by atoms with Gasteiger partial charge < -0.3 is 14.8 Å². The van der Waals surface area contributed by atoms with Crippen molar-refractivity contribution in [2.75, 3.05) is 26.2 Å². The molecule has 2 saturated heterocycles. The van der Waals surface area contributed by atoms with Crippen molar-refractivity contribution in [1.82, 2.24) is 24.4 Å². The van der Waals surface area contributed by atoms with Crippen LogP contribution in [0.15, 0.2) is 48.9 Å². The smallest absolute Gasteiger partial charge is 0.259 e. The first kappa shape index (κ1) is 16.6. The number of imidazole rings is 1. The van der Waals surface area contributed by atoms with E-state index >= 15 is 0 Å². The maximum Gasteiger partial charge on any atom is 0.259 e. The van der Waals surface area contributed by atoms with E-state index in [0.29, 0.717) is 11.5 Å². The fraction of sp³-hybridized carbons (Fsp3) is 0.429. The van der Waals surface area contributed by atoms with E-state index in [1.807, 2.05) is 24.0 Å². The molecule has 2 fully saturated rings. The first-order valence-corrected chi connectivity index (χ1v) is 9.69. The number of benzene rings is 1. The number of amides is 1. The van der Waals surface area contributed by atoms with Crippen LogP contribution in [0.5, 0.6) is 0 Å². The van der Waals surface area contributed by atoms with E-state index in [1.165, 1.54) is 5.56 Å². The van der Waals surface area contributed by atoms with Crippen molar-refractivity contribution in [3.8, 4) is 0 Å². The zero-order valence-electron chi connectivity index (χ0n) is 15.6. The molecule has 27 heavy (non-hydrogen) atoms. The third-order valence-electron chi connectivity index (χ3n) is 6.49. The molecule has 2 aromatic heterocycles. The number of hydrogen-bond acceptors (Lipinski definition) is 3. The van der Waals surface area contributed by atoms with Gasteiger partial charge in [-0.05, 0) is 24.3 Å². The summed E-state index contributed by atoms with van der Waals surface area (Å²) in [6, 6.07) is 10.7. The molecule has 6 heteroatoms. The fourth-order valence-corrected chi connectivity index (χ4v) is 4.95. The van der Waals surface area contributed by atoms with Crippen LogP contribution >= 0.6 is 0 Å². The zero-order valence-corrected chi connectivity index (χ0v) is 15.6. The Morgan fingerprint density at radius 2 is 2.15 bits per heavy atom. The van der Waals surface area contributed by atoms with Crippen molar-refractivity contribution in [1.29, 1.82) is 0 Å². The van der Waals surface area contributed by atoms with Crippen LogP contribution in [0.4, 0.5) is 0 Å². The second-order valence-corrected chi connectivity index (χ2v) is 8.10. The van der Waals surface area contributed by atoms with Gasteiger partial charge in [0.2, 0.25) is 0 Å². The summed E-state index contributed by atoms with van der Waals surface area (Å²) in [6.45, 7) is 3.68. The molecule has 0 radical (unpaired) electrons. The van der Waals surface area contributed by atoms with Gasteiger partial charge in [0.25, 0.3) is 5.91 Å². The Balaban J connectivity index is 1.37. The number of aryl methyl sites for hydroxylation is 2. The molecule has 140 valence electrons. The van der Waals surface area contributed by atoms with Crippen LogP contribution in [0.3, 0.4) is 0 Å². The van der Waals surface area contributed by atoms with E-state index in [-0.39, 0.29) is 11.3 Å². The largest absolute Gasteiger partial charge is 0.338 e. The number of carbonyl (C=O) groups excluding carboxylic acids is 1. The third-order valence-corrected chi connectivity index (χ3v) is 6.49. The first-order valence-electron chi connectivity index (χ1n) is 9.69. The maximum atomic E-state index is 13.3. The molecule has 5 rings (SSSR count). The zero-order chi connectivity index (χ0) is 18.4. The Morgan fingerprint density at radius 3 is 3.00 bits per heavy atom. The quantitative estimate of drug-likeness (QED) is 0.771. The predicted octanol–water partition coefficient (Wildman–Crippen LogP) is 1.97. The Bertz CT molecular complexity index is 975. The lowest BCUT2D eigenvalue weighted by Crippen LogP contribution is -2.36. The molecular formula is C21H25N5O. The van der Waals surface area contributed by atoms with Crippen molar-refractivity contribution >= 4 is 11.6 Å². The van der Waals surface area contributed by atoms with Crippen LogP contribution in [0.1, 0.15) is 22.3 Å². The number of carbonyl (C=O) groups is 1. The number of aromatic nitrogens is 3. The fourth-order valence-electron chi connectivity index (χ4n) is 4.95. The number of hydrogen-bond donors (Lipinski definition) is 1. The monoisotopic (exact) mass is 363 g/mol. The Labute approximate surface area is 158 Å². The highest BCUT2D eigenvalue weighted by atomic mass is 16.2. The molecule has 2 atom stereocenters.